The van der Waals surface area contributed by atoms with Crippen molar-refractivity contribution in [3.05, 3.63) is 29.8 Å². The fraction of sp³-hybridized carbons (Fsp3) is 0.533. The zero-order valence-electron chi connectivity index (χ0n) is 11.2. The third-order valence-electron chi connectivity index (χ3n) is 3.88. The van der Waals surface area contributed by atoms with E-state index in [0.29, 0.717) is 19.1 Å². The molecule has 1 aliphatic heterocycles. The van der Waals surface area contributed by atoms with Crippen LogP contribution in [0.2, 0.25) is 0 Å². The summed E-state index contributed by atoms with van der Waals surface area (Å²) in [6.45, 7) is 2.59. The first-order chi connectivity index (χ1) is 9.22. The summed E-state index contributed by atoms with van der Waals surface area (Å²) in [4.78, 5) is 14.1. The minimum absolute atomic E-state index is 0.0252. The number of carbonyl (C=O) groups excluding carboxylic acids is 1. The first-order valence-electron chi connectivity index (χ1n) is 7.01. The quantitative estimate of drug-likeness (QED) is 0.899. The minimum atomic E-state index is -0.130. The lowest BCUT2D eigenvalue weighted by atomic mass is 9.99. The van der Waals surface area contributed by atoms with Crippen LogP contribution >= 0.6 is 0 Å². The number of likely N-dealkylation sites (tertiary alicyclic amines) is 1. The normalized spacial score (nSPS) is 26.8. The van der Waals surface area contributed by atoms with E-state index in [1.807, 2.05) is 36.1 Å². The van der Waals surface area contributed by atoms with Gasteiger partial charge in [-0.1, -0.05) is 18.2 Å². The number of benzene rings is 1. The van der Waals surface area contributed by atoms with Crippen molar-refractivity contribution < 1.29 is 9.53 Å². The molecule has 1 aromatic carbocycles. The van der Waals surface area contributed by atoms with E-state index in [4.69, 9.17) is 10.5 Å². The van der Waals surface area contributed by atoms with E-state index in [-0.39, 0.29) is 18.0 Å². The molecule has 3 rings (SSSR count). The first kappa shape index (κ1) is 12.5. The Kier molecular flexibility index (Phi) is 3.19. The molecule has 0 aromatic heterocycles. The highest BCUT2D eigenvalue weighted by Crippen LogP contribution is 2.43. The second-order valence-corrected chi connectivity index (χ2v) is 5.32. The Hall–Kier alpha value is -1.55. The van der Waals surface area contributed by atoms with E-state index in [2.05, 4.69) is 0 Å². The number of hydrogen-bond acceptors (Lipinski definition) is 3. The van der Waals surface area contributed by atoms with Gasteiger partial charge in [-0.2, -0.15) is 0 Å². The summed E-state index contributed by atoms with van der Waals surface area (Å²) in [5.74, 6) is 1.04. The number of nitrogens with two attached hydrogens (primary N) is 1. The van der Waals surface area contributed by atoms with Gasteiger partial charge in [0.2, 0.25) is 5.91 Å². The van der Waals surface area contributed by atoms with Crippen molar-refractivity contribution in [1.29, 1.82) is 0 Å². The molecule has 1 aliphatic carbocycles. The van der Waals surface area contributed by atoms with Gasteiger partial charge in [0.15, 0.2) is 0 Å². The Bertz CT molecular complexity index is 485. The highest BCUT2D eigenvalue weighted by atomic mass is 16.5. The van der Waals surface area contributed by atoms with Crippen molar-refractivity contribution in [3.63, 3.8) is 0 Å². The topological polar surface area (TPSA) is 55.6 Å². The predicted octanol–water partition coefficient (Wildman–Crippen LogP) is 1.85. The van der Waals surface area contributed by atoms with Crippen molar-refractivity contribution >= 4 is 5.91 Å². The molecule has 2 atom stereocenters. The van der Waals surface area contributed by atoms with Gasteiger partial charge in [-0.3, -0.25) is 4.79 Å². The van der Waals surface area contributed by atoms with E-state index in [9.17, 15) is 4.79 Å². The van der Waals surface area contributed by atoms with E-state index in [0.717, 1.165) is 24.2 Å². The number of hydrogen-bond donors (Lipinski definition) is 1. The number of nitrogens with zero attached hydrogens (tertiary/aromatic N) is 1. The number of amides is 1. The summed E-state index contributed by atoms with van der Waals surface area (Å²) in [6.07, 6.45) is 2.65. The molecule has 2 unspecified atom stereocenters. The summed E-state index contributed by atoms with van der Waals surface area (Å²) in [6, 6.07) is 8.16. The molecule has 0 spiro atoms. The summed E-state index contributed by atoms with van der Waals surface area (Å²) in [5, 5.41) is 0. The molecule has 2 fully saturated rings. The highest BCUT2D eigenvalue weighted by molar-refractivity contribution is 5.81. The second-order valence-electron chi connectivity index (χ2n) is 5.32. The molecule has 4 heteroatoms. The molecule has 0 radical (unpaired) electrons. The molecule has 1 aromatic rings. The van der Waals surface area contributed by atoms with Gasteiger partial charge < -0.3 is 15.4 Å². The van der Waals surface area contributed by atoms with E-state index < -0.39 is 0 Å². The second kappa shape index (κ2) is 4.85. The number of ether oxygens (including phenoxy) is 1. The van der Waals surface area contributed by atoms with E-state index >= 15 is 0 Å². The van der Waals surface area contributed by atoms with Gasteiger partial charge in [-0.05, 0) is 25.8 Å². The average molecular weight is 260 g/mol. The first-order valence-corrected chi connectivity index (χ1v) is 7.01. The van der Waals surface area contributed by atoms with Crippen LogP contribution in [0.25, 0.3) is 0 Å². The van der Waals surface area contributed by atoms with Gasteiger partial charge in [0.05, 0.1) is 12.6 Å². The zero-order valence-corrected chi connectivity index (χ0v) is 11.2. The lowest BCUT2D eigenvalue weighted by Gasteiger charge is -2.28. The molecule has 4 nitrogen and oxygen atoms in total. The lowest BCUT2D eigenvalue weighted by Crippen LogP contribution is -2.34. The van der Waals surface area contributed by atoms with Gasteiger partial charge >= 0.3 is 0 Å². The van der Waals surface area contributed by atoms with E-state index in [1.54, 1.807) is 0 Å². The summed E-state index contributed by atoms with van der Waals surface area (Å²) >= 11 is 0. The molecule has 1 amide bonds. The maximum absolute atomic E-state index is 12.1. The predicted molar refractivity (Wildman–Crippen MR) is 72.8 cm³/mol. The summed E-state index contributed by atoms with van der Waals surface area (Å²) in [5.41, 5.74) is 7.25. The van der Waals surface area contributed by atoms with E-state index in [1.165, 1.54) is 0 Å². The average Bonchev–Trinajstić information content (AvgIpc) is 3.17. The van der Waals surface area contributed by atoms with Crippen molar-refractivity contribution in [2.45, 2.75) is 44.3 Å². The van der Waals surface area contributed by atoms with Crippen LogP contribution in [0.15, 0.2) is 24.3 Å². The third kappa shape index (κ3) is 2.21. The van der Waals surface area contributed by atoms with Crippen molar-refractivity contribution in [2.24, 2.45) is 5.73 Å². The van der Waals surface area contributed by atoms with Crippen LogP contribution in [-0.4, -0.2) is 29.5 Å². The van der Waals surface area contributed by atoms with Crippen molar-refractivity contribution in [3.8, 4) is 5.75 Å². The van der Waals surface area contributed by atoms with Crippen LogP contribution in [0.4, 0.5) is 0 Å². The molecular weight excluding hydrogens is 240 g/mol. The standard InChI is InChI=1S/C15H20N2O2/c1-2-19-13-6-4-3-5-11(13)15-12(16)9-14(18)17(15)10-7-8-10/h3-6,10,12,15H,2,7-9,16H2,1H3. The summed E-state index contributed by atoms with van der Waals surface area (Å²) in [7, 11) is 0. The minimum Gasteiger partial charge on any atom is -0.494 e. The van der Waals surface area contributed by atoms with Crippen LogP contribution in [0.3, 0.4) is 0 Å². The van der Waals surface area contributed by atoms with Gasteiger partial charge in [0.1, 0.15) is 5.75 Å². The molecular formula is C15H20N2O2. The Morgan fingerprint density at radius 3 is 2.79 bits per heavy atom. The monoisotopic (exact) mass is 260 g/mol. The van der Waals surface area contributed by atoms with Crippen LogP contribution in [0, 0.1) is 0 Å². The third-order valence-corrected chi connectivity index (χ3v) is 3.88. The van der Waals surface area contributed by atoms with Crippen LogP contribution in [-0.2, 0) is 4.79 Å². The highest BCUT2D eigenvalue weighted by Gasteiger charge is 2.46. The van der Waals surface area contributed by atoms with Crippen LogP contribution in [0.5, 0.6) is 5.75 Å². The van der Waals surface area contributed by atoms with Gasteiger partial charge in [-0.25, -0.2) is 0 Å². The molecule has 1 heterocycles. The lowest BCUT2D eigenvalue weighted by molar-refractivity contribution is -0.129. The molecule has 2 N–H and O–H groups in total. The number of carbonyl (C=O) groups is 1. The number of rotatable bonds is 4. The molecule has 102 valence electrons. The van der Waals surface area contributed by atoms with Gasteiger partial charge in [0, 0.05) is 24.1 Å². The molecule has 1 saturated heterocycles. The Morgan fingerprint density at radius 1 is 1.37 bits per heavy atom. The van der Waals surface area contributed by atoms with Crippen molar-refractivity contribution in [2.75, 3.05) is 6.61 Å². The Labute approximate surface area is 113 Å². The maximum Gasteiger partial charge on any atom is 0.225 e. The largest absolute Gasteiger partial charge is 0.494 e. The fourth-order valence-corrected chi connectivity index (χ4v) is 2.96. The SMILES string of the molecule is CCOc1ccccc1C1C(N)CC(=O)N1C1CC1. The fourth-order valence-electron chi connectivity index (χ4n) is 2.96. The Morgan fingerprint density at radius 2 is 2.11 bits per heavy atom. The van der Waals surface area contributed by atoms with Crippen LogP contribution < -0.4 is 10.5 Å². The Balaban J connectivity index is 1.97. The van der Waals surface area contributed by atoms with Crippen molar-refractivity contribution in [1.82, 2.24) is 4.90 Å². The molecule has 19 heavy (non-hydrogen) atoms. The summed E-state index contributed by atoms with van der Waals surface area (Å²) < 4.78 is 5.69. The number of para-hydroxylation sites is 1. The van der Waals surface area contributed by atoms with Gasteiger partial charge in [0.25, 0.3) is 0 Å². The van der Waals surface area contributed by atoms with Gasteiger partial charge in [-0.15, -0.1) is 0 Å². The van der Waals surface area contributed by atoms with Crippen LogP contribution in [0.1, 0.15) is 37.8 Å². The smallest absolute Gasteiger partial charge is 0.225 e. The zero-order chi connectivity index (χ0) is 13.4. The molecule has 0 bridgehead atoms. The molecule has 1 saturated carbocycles. The molecule has 2 aliphatic rings. The maximum atomic E-state index is 12.1.